The summed E-state index contributed by atoms with van der Waals surface area (Å²) in [6.07, 6.45) is 0. The first-order valence-electron chi connectivity index (χ1n) is 10.5. The highest BCUT2D eigenvalue weighted by Gasteiger charge is 2.47. The quantitative estimate of drug-likeness (QED) is 0.246. The summed E-state index contributed by atoms with van der Waals surface area (Å²) in [7, 11) is 4.26. The van der Waals surface area contributed by atoms with Gasteiger partial charge in [0, 0.05) is 11.8 Å². The van der Waals surface area contributed by atoms with Crippen LogP contribution in [0.2, 0.25) is 10.0 Å². The van der Waals surface area contributed by atoms with Crippen LogP contribution in [0.4, 0.5) is 10.1 Å². The zero-order valence-electron chi connectivity index (χ0n) is 19.3. The molecule has 1 heterocycles. The van der Waals surface area contributed by atoms with Gasteiger partial charge in [0.25, 0.3) is 11.7 Å². The van der Waals surface area contributed by atoms with Crippen LogP contribution in [-0.2, 0) is 9.59 Å². The molecule has 0 bridgehead atoms. The number of carbonyl (C=O) groups excluding carboxylic acids is 2. The molecule has 1 fully saturated rings. The van der Waals surface area contributed by atoms with Crippen LogP contribution in [0.3, 0.4) is 0 Å². The smallest absolute Gasteiger partial charge is 0.300 e. The first-order valence-corrected chi connectivity index (χ1v) is 11.3. The van der Waals surface area contributed by atoms with Gasteiger partial charge >= 0.3 is 0 Å². The van der Waals surface area contributed by atoms with E-state index >= 15 is 0 Å². The van der Waals surface area contributed by atoms with Crippen LogP contribution in [-0.4, -0.2) is 38.1 Å². The average molecular weight is 532 g/mol. The summed E-state index contributed by atoms with van der Waals surface area (Å²) in [4.78, 5) is 27.8. The molecule has 0 spiro atoms. The van der Waals surface area contributed by atoms with Crippen molar-refractivity contribution in [2.45, 2.75) is 6.04 Å². The van der Waals surface area contributed by atoms with E-state index in [2.05, 4.69) is 0 Å². The second kappa shape index (κ2) is 10.1. The van der Waals surface area contributed by atoms with Gasteiger partial charge in [0.2, 0.25) is 0 Å². The Balaban J connectivity index is 2.01. The maximum absolute atomic E-state index is 13.9. The molecule has 3 aromatic carbocycles. The van der Waals surface area contributed by atoms with E-state index in [0.29, 0.717) is 11.3 Å². The third-order valence-electron chi connectivity index (χ3n) is 5.76. The summed E-state index contributed by atoms with van der Waals surface area (Å²) in [6, 6.07) is 12.0. The van der Waals surface area contributed by atoms with E-state index in [0.717, 1.165) is 11.0 Å². The maximum Gasteiger partial charge on any atom is 0.300 e. The zero-order valence-corrected chi connectivity index (χ0v) is 20.9. The number of rotatable bonds is 6. The largest absolute Gasteiger partial charge is 0.507 e. The molecular weight excluding hydrogens is 512 g/mol. The summed E-state index contributed by atoms with van der Waals surface area (Å²) in [5.41, 5.74) is 0.462. The Morgan fingerprint density at radius 3 is 2.28 bits per heavy atom. The van der Waals surface area contributed by atoms with Crippen LogP contribution in [0.25, 0.3) is 5.76 Å². The molecule has 1 atom stereocenters. The Morgan fingerprint density at radius 2 is 1.64 bits per heavy atom. The predicted molar refractivity (Wildman–Crippen MR) is 134 cm³/mol. The zero-order chi connectivity index (χ0) is 26.1. The number of halogens is 3. The van der Waals surface area contributed by atoms with Gasteiger partial charge in [-0.05, 0) is 42.0 Å². The Hall–Kier alpha value is -3.75. The molecule has 0 aromatic heterocycles. The first kappa shape index (κ1) is 25.3. The van der Waals surface area contributed by atoms with Crippen molar-refractivity contribution in [3.05, 3.63) is 87.2 Å². The van der Waals surface area contributed by atoms with Crippen molar-refractivity contribution in [1.29, 1.82) is 0 Å². The number of amides is 1. The van der Waals surface area contributed by atoms with Gasteiger partial charge in [0.05, 0.1) is 48.6 Å². The van der Waals surface area contributed by atoms with Gasteiger partial charge in [0.1, 0.15) is 28.8 Å². The molecule has 0 saturated carbocycles. The molecule has 1 aliphatic rings. The van der Waals surface area contributed by atoms with Crippen molar-refractivity contribution < 1.29 is 33.3 Å². The standard InChI is InChI=1S/C26H20Cl2FNO6/c1-34-15-6-4-5-13(9-15)23-22(24(31)16-11-18(28)21(36-3)12-20(16)35-2)25(32)26(33)30(23)14-7-8-19(29)17(27)10-14/h4-12,23,31H,1-3H3/b24-22+. The van der Waals surface area contributed by atoms with E-state index in [1.807, 2.05) is 0 Å². The fourth-order valence-electron chi connectivity index (χ4n) is 4.05. The number of aliphatic hydroxyl groups excluding tert-OH is 1. The normalized spacial score (nSPS) is 16.8. The number of methoxy groups -OCH3 is 3. The van der Waals surface area contributed by atoms with Gasteiger partial charge < -0.3 is 19.3 Å². The highest BCUT2D eigenvalue weighted by molar-refractivity contribution is 6.52. The molecule has 1 unspecified atom stereocenters. The minimum Gasteiger partial charge on any atom is -0.507 e. The lowest BCUT2D eigenvalue weighted by atomic mass is 9.94. The SMILES string of the molecule is COc1cccc(C2/C(=C(\O)c3cc(Cl)c(OC)cc3OC)C(=O)C(=O)N2c2ccc(F)c(Cl)c2)c1. The number of hydrogen-bond acceptors (Lipinski definition) is 6. The molecule has 4 rings (SSSR count). The molecule has 36 heavy (non-hydrogen) atoms. The lowest BCUT2D eigenvalue weighted by Crippen LogP contribution is -2.29. The van der Waals surface area contributed by atoms with E-state index < -0.39 is 29.3 Å². The summed E-state index contributed by atoms with van der Waals surface area (Å²) in [5.74, 6) is -2.20. The number of hydrogen-bond donors (Lipinski definition) is 1. The predicted octanol–water partition coefficient (Wildman–Crippen LogP) is 5.78. The van der Waals surface area contributed by atoms with E-state index in [1.54, 1.807) is 24.3 Å². The van der Waals surface area contributed by atoms with Crippen LogP contribution in [0.15, 0.2) is 60.2 Å². The van der Waals surface area contributed by atoms with E-state index in [4.69, 9.17) is 37.4 Å². The average Bonchev–Trinajstić information content (AvgIpc) is 3.15. The summed E-state index contributed by atoms with van der Waals surface area (Å²) >= 11 is 12.3. The van der Waals surface area contributed by atoms with Gasteiger partial charge in [0.15, 0.2) is 0 Å². The highest BCUT2D eigenvalue weighted by Crippen LogP contribution is 2.45. The second-order valence-electron chi connectivity index (χ2n) is 7.73. The van der Waals surface area contributed by atoms with E-state index in [1.165, 1.54) is 45.6 Å². The third-order valence-corrected chi connectivity index (χ3v) is 6.35. The number of nitrogens with zero attached hydrogens (tertiary/aromatic N) is 1. The topological polar surface area (TPSA) is 85.3 Å². The van der Waals surface area contributed by atoms with Crippen molar-refractivity contribution in [3.8, 4) is 17.2 Å². The van der Waals surface area contributed by atoms with Crippen LogP contribution < -0.4 is 19.1 Å². The van der Waals surface area contributed by atoms with Gasteiger partial charge in [-0.3, -0.25) is 14.5 Å². The van der Waals surface area contributed by atoms with Crippen molar-refractivity contribution in [3.63, 3.8) is 0 Å². The fourth-order valence-corrected chi connectivity index (χ4v) is 4.47. The number of aliphatic hydroxyl groups is 1. The first-order chi connectivity index (χ1) is 17.2. The summed E-state index contributed by atoms with van der Waals surface area (Å²) in [5, 5.41) is 11.3. The molecule has 1 N–H and O–H groups in total. The fraction of sp³-hybridized carbons (Fsp3) is 0.154. The molecule has 1 amide bonds. The molecule has 186 valence electrons. The van der Waals surface area contributed by atoms with Gasteiger partial charge in [-0.1, -0.05) is 35.3 Å². The molecule has 3 aromatic rings. The molecule has 0 aliphatic carbocycles. The Kier molecular flexibility index (Phi) is 7.10. The van der Waals surface area contributed by atoms with Gasteiger partial charge in [-0.15, -0.1) is 0 Å². The number of carbonyl (C=O) groups is 2. The molecule has 1 aliphatic heterocycles. The van der Waals surface area contributed by atoms with Crippen LogP contribution in [0.5, 0.6) is 17.2 Å². The highest BCUT2D eigenvalue weighted by atomic mass is 35.5. The third kappa shape index (κ3) is 4.34. The molecule has 10 heteroatoms. The van der Waals surface area contributed by atoms with Crippen molar-refractivity contribution in [2.75, 3.05) is 26.2 Å². The van der Waals surface area contributed by atoms with Crippen molar-refractivity contribution >= 4 is 46.3 Å². The maximum atomic E-state index is 13.9. The lowest BCUT2D eigenvalue weighted by Gasteiger charge is -2.26. The number of anilines is 1. The molecule has 7 nitrogen and oxygen atoms in total. The monoisotopic (exact) mass is 531 g/mol. The number of ketones is 1. The number of ether oxygens (including phenoxy) is 3. The van der Waals surface area contributed by atoms with E-state index in [9.17, 15) is 19.1 Å². The van der Waals surface area contributed by atoms with Crippen LogP contribution in [0, 0.1) is 5.82 Å². The minimum atomic E-state index is -1.10. The van der Waals surface area contributed by atoms with Gasteiger partial charge in [-0.25, -0.2) is 4.39 Å². The molecular formula is C26H20Cl2FNO6. The van der Waals surface area contributed by atoms with Crippen LogP contribution in [0.1, 0.15) is 17.2 Å². The number of Topliss-reactive ketones (excluding diaryl/α,β-unsaturated/α-hetero) is 1. The Labute approximate surface area is 216 Å². The second-order valence-corrected chi connectivity index (χ2v) is 8.55. The lowest BCUT2D eigenvalue weighted by molar-refractivity contribution is -0.132. The van der Waals surface area contributed by atoms with Crippen LogP contribution >= 0.6 is 23.2 Å². The minimum absolute atomic E-state index is 0.0753. The molecule has 0 radical (unpaired) electrons. The van der Waals surface area contributed by atoms with Gasteiger partial charge in [-0.2, -0.15) is 0 Å². The van der Waals surface area contributed by atoms with Crippen molar-refractivity contribution in [1.82, 2.24) is 0 Å². The summed E-state index contributed by atoms with van der Waals surface area (Å²) in [6.45, 7) is 0. The Bertz CT molecular complexity index is 1410. The number of benzene rings is 3. The molecule has 1 saturated heterocycles. The van der Waals surface area contributed by atoms with Crippen molar-refractivity contribution in [2.24, 2.45) is 0 Å². The Morgan fingerprint density at radius 1 is 0.917 bits per heavy atom. The summed E-state index contributed by atoms with van der Waals surface area (Å²) < 4.78 is 29.8. The van der Waals surface area contributed by atoms with E-state index in [-0.39, 0.29) is 38.4 Å².